The Morgan fingerprint density at radius 1 is 1.06 bits per heavy atom. The van der Waals surface area contributed by atoms with E-state index in [1.807, 2.05) is 24.3 Å². The molecule has 2 aliphatic heterocycles. The lowest BCUT2D eigenvalue weighted by atomic mass is 10.1. The third-order valence-electron chi connectivity index (χ3n) is 6.65. The van der Waals surface area contributed by atoms with Crippen LogP contribution in [0.1, 0.15) is 16.8 Å². The molecular weight excluding hydrogens is 470 g/mol. The number of nitriles is 1. The van der Waals surface area contributed by atoms with Crippen LogP contribution in [0.25, 0.3) is 11.3 Å². The highest BCUT2D eigenvalue weighted by Crippen LogP contribution is 2.26. The van der Waals surface area contributed by atoms with Gasteiger partial charge in [0.25, 0.3) is 5.91 Å². The van der Waals surface area contributed by atoms with E-state index in [-0.39, 0.29) is 12.5 Å². The first-order chi connectivity index (χ1) is 17.7. The fraction of sp³-hybridized carbons (Fsp3) is 0.333. The summed E-state index contributed by atoms with van der Waals surface area (Å²) in [6.45, 7) is 4.39. The van der Waals surface area contributed by atoms with E-state index in [1.54, 1.807) is 18.3 Å². The molecule has 0 bridgehead atoms. The van der Waals surface area contributed by atoms with Gasteiger partial charge in [-0.25, -0.2) is 9.97 Å². The summed E-state index contributed by atoms with van der Waals surface area (Å²) in [5, 5.41) is 14.4. The number of nitrogens with one attached hydrogen (secondary N) is 2. The van der Waals surface area contributed by atoms with Gasteiger partial charge >= 0.3 is 0 Å². The monoisotopic (exact) mass is 499 g/mol. The van der Waals surface area contributed by atoms with Crippen LogP contribution >= 0.6 is 11.8 Å². The van der Waals surface area contributed by atoms with Crippen LogP contribution in [0.4, 0.5) is 17.3 Å². The molecule has 184 valence electrons. The van der Waals surface area contributed by atoms with Crippen molar-refractivity contribution in [1.29, 1.82) is 5.26 Å². The molecule has 9 heteroatoms. The van der Waals surface area contributed by atoms with Crippen LogP contribution in [0.3, 0.4) is 0 Å². The number of amides is 1. The number of hydrogen-bond donors (Lipinski definition) is 2. The Kier molecular flexibility index (Phi) is 7.64. The molecule has 1 unspecified atom stereocenters. The second-order valence-corrected chi connectivity index (χ2v) is 10.0. The van der Waals surface area contributed by atoms with Gasteiger partial charge in [-0.2, -0.15) is 17.0 Å². The van der Waals surface area contributed by atoms with E-state index >= 15 is 0 Å². The van der Waals surface area contributed by atoms with E-state index in [0.717, 1.165) is 49.2 Å². The van der Waals surface area contributed by atoms with Crippen molar-refractivity contribution in [2.24, 2.45) is 0 Å². The molecule has 0 aliphatic carbocycles. The fourth-order valence-corrected chi connectivity index (χ4v) is 5.89. The summed E-state index contributed by atoms with van der Waals surface area (Å²) in [7, 11) is 0. The standard InChI is InChI=1S/C27H29N7OS/c28-11-13-29-26(35)21-3-1-20(2-4-21)25-9-12-30-27(32-25)31-22-5-7-23(8-6-22)33-14-16-34(17-15-33)24-10-18-36-19-24/h1-9,12,24H,10,13-19H2,(H,29,35)(H,30,31,32). The van der Waals surface area contributed by atoms with Crippen LogP contribution < -0.4 is 15.5 Å². The van der Waals surface area contributed by atoms with Crippen molar-refractivity contribution in [1.82, 2.24) is 20.2 Å². The first-order valence-corrected chi connectivity index (χ1v) is 13.4. The Morgan fingerprint density at radius 2 is 1.83 bits per heavy atom. The van der Waals surface area contributed by atoms with Crippen molar-refractivity contribution in [3.05, 3.63) is 66.4 Å². The molecule has 1 atom stereocenters. The van der Waals surface area contributed by atoms with Gasteiger partial charge in [0, 0.05) is 66.7 Å². The smallest absolute Gasteiger partial charge is 0.252 e. The van der Waals surface area contributed by atoms with Gasteiger partial charge in [0.1, 0.15) is 6.54 Å². The molecule has 3 heterocycles. The topological polar surface area (TPSA) is 97.2 Å². The van der Waals surface area contributed by atoms with Crippen LogP contribution in [0.5, 0.6) is 0 Å². The van der Waals surface area contributed by atoms with Crippen molar-refractivity contribution < 1.29 is 4.79 Å². The van der Waals surface area contributed by atoms with Gasteiger partial charge in [0.15, 0.2) is 0 Å². The third-order valence-corrected chi connectivity index (χ3v) is 7.80. The maximum atomic E-state index is 12.0. The van der Waals surface area contributed by atoms with Crippen molar-refractivity contribution in [3.8, 4) is 17.3 Å². The van der Waals surface area contributed by atoms with Crippen molar-refractivity contribution >= 4 is 35.0 Å². The molecule has 8 nitrogen and oxygen atoms in total. The SMILES string of the molecule is N#CCNC(=O)c1ccc(-c2ccnc(Nc3ccc(N4CCN(C5CCSC5)CC4)cc3)n2)cc1. The minimum absolute atomic E-state index is 0.0150. The molecule has 3 aromatic rings. The number of anilines is 3. The maximum Gasteiger partial charge on any atom is 0.252 e. The second-order valence-electron chi connectivity index (χ2n) is 8.90. The van der Waals surface area contributed by atoms with Crippen LogP contribution in [0, 0.1) is 11.3 Å². The van der Waals surface area contributed by atoms with Gasteiger partial charge in [0.05, 0.1) is 11.8 Å². The number of carbonyl (C=O) groups excluding carboxylic acids is 1. The minimum Gasteiger partial charge on any atom is -0.369 e. The lowest BCUT2D eigenvalue weighted by Crippen LogP contribution is -2.50. The molecule has 1 aromatic heterocycles. The van der Waals surface area contributed by atoms with E-state index < -0.39 is 0 Å². The first-order valence-electron chi connectivity index (χ1n) is 12.2. The molecule has 2 aliphatic rings. The van der Waals surface area contributed by atoms with Gasteiger partial charge in [-0.15, -0.1) is 0 Å². The Labute approximate surface area is 215 Å². The average Bonchev–Trinajstić information content (AvgIpc) is 3.48. The fourth-order valence-electron chi connectivity index (χ4n) is 4.63. The molecular formula is C27H29N7OS. The Morgan fingerprint density at radius 3 is 2.53 bits per heavy atom. The van der Waals surface area contributed by atoms with E-state index in [2.05, 4.69) is 66.4 Å². The highest BCUT2D eigenvalue weighted by molar-refractivity contribution is 7.99. The predicted molar refractivity (Wildman–Crippen MR) is 145 cm³/mol. The number of rotatable bonds is 7. The van der Waals surface area contributed by atoms with Crippen molar-refractivity contribution in [2.75, 3.05) is 54.4 Å². The zero-order chi connectivity index (χ0) is 24.7. The zero-order valence-corrected chi connectivity index (χ0v) is 20.9. The predicted octanol–water partition coefficient (Wildman–Crippen LogP) is 3.77. The summed E-state index contributed by atoms with van der Waals surface area (Å²) in [6, 6.07) is 20.1. The van der Waals surface area contributed by atoms with Crippen LogP contribution in [-0.4, -0.2) is 71.0 Å². The summed E-state index contributed by atoms with van der Waals surface area (Å²) in [5.74, 6) is 2.84. The van der Waals surface area contributed by atoms with Gasteiger partial charge in [-0.3, -0.25) is 9.69 Å². The van der Waals surface area contributed by atoms with Crippen molar-refractivity contribution in [2.45, 2.75) is 12.5 Å². The van der Waals surface area contributed by atoms with Gasteiger partial charge in [0.2, 0.25) is 5.95 Å². The van der Waals surface area contributed by atoms with Gasteiger partial charge < -0.3 is 15.5 Å². The molecule has 0 saturated carbocycles. The lowest BCUT2D eigenvalue weighted by molar-refractivity contribution is 0.0958. The highest BCUT2D eigenvalue weighted by Gasteiger charge is 2.26. The molecule has 2 N–H and O–H groups in total. The maximum absolute atomic E-state index is 12.0. The largest absolute Gasteiger partial charge is 0.369 e. The second kappa shape index (κ2) is 11.4. The van der Waals surface area contributed by atoms with Crippen LogP contribution in [0.2, 0.25) is 0 Å². The van der Waals surface area contributed by atoms with Crippen LogP contribution in [-0.2, 0) is 0 Å². The molecule has 0 spiro atoms. The van der Waals surface area contributed by atoms with Crippen LogP contribution in [0.15, 0.2) is 60.8 Å². The zero-order valence-electron chi connectivity index (χ0n) is 20.1. The summed E-state index contributed by atoms with van der Waals surface area (Å²) < 4.78 is 0. The third kappa shape index (κ3) is 5.78. The highest BCUT2D eigenvalue weighted by atomic mass is 32.2. The minimum atomic E-state index is -0.272. The number of carbonyl (C=O) groups is 1. The molecule has 1 amide bonds. The number of aromatic nitrogens is 2. The Balaban J connectivity index is 1.19. The summed E-state index contributed by atoms with van der Waals surface area (Å²) in [4.78, 5) is 26.1. The van der Waals surface area contributed by atoms with Crippen molar-refractivity contribution in [3.63, 3.8) is 0 Å². The molecule has 5 rings (SSSR count). The van der Waals surface area contributed by atoms with Gasteiger partial charge in [-0.05, 0) is 54.6 Å². The van der Waals surface area contributed by atoms with E-state index in [9.17, 15) is 4.79 Å². The van der Waals surface area contributed by atoms with E-state index in [0.29, 0.717) is 11.5 Å². The summed E-state index contributed by atoms with van der Waals surface area (Å²) in [5.41, 5.74) is 4.31. The number of hydrogen-bond acceptors (Lipinski definition) is 8. The lowest BCUT2D eigenvalue weighted by Gasteiger charge is -2.39. The Bertz CT molecular complexity index is 1210. The van der Waals surface area contributed by atoms with Gasteiger partial charge in [-0.1, -0.05) is 12.1 Å². The Hall–Kier alpha value is -3.61. The average molecular weight is 500 g/mol. The molecule has 0 radical (unpaired) electrons. The number of benzene rings is 2. The van der Waals surface area contributed by atoms with E-state index in [1.165, 1.54) is 23.6 Å². The van der Waals surface area contributed by atoms with E-state index in [4.69, 9.17) is 5.26 Å². The quantitative estimate of drug-likeness (QED) is 0.474. The molecule has 2 aromatic carbocycles. The number of thioether (sulfide) groups is 1. The molecule has 36 heavy (non-hydrogen) atoms. The summed E-state index contributed by atoms with van der Waals surface area (Å²) in [6.07, 6.45) is 3.05. The number of piperazine rings is 1. The molecule has 2 saturated heterocycles. The number of nitrogens with zero attached hydrogens (tertiary/aromatic N) is 5. The normalized spacial score (nSPS) is 18.0. The summed E-state index contributed by atoms with van der Waals surface area (Å²) >= 11 is 2.08. The first kappa shape index (κ1) is 24.1. The molecule has 2 fully saturated rings.